The molecule has 0 atom stereocenters. The minimum absolute atomic E-state index is 0.218. The Morgan fingerprint density at radius 2 is 1.81 bits per heavy atom. The second-order valence-electron chi connectivity index (χ2n) is 6.67. The maximum atomic E-state index is 12.7. The largest absolute Gasteiger partial charge is 0.492 e. The average molecular weight is 353 g/mol. The summed E-state index contributed by atoms with van der Waals surface area (Å²) in [6, 6.07) is 12.9. The average Bonchev–Trinajstić information content (AvgIpc) is 2.60. The molecule has 0 saturated heterocycles. The zero-order valence-corrected chi connectivity index (χ0v) is 15.3. The summed E-state index contributed by atoms with van der Waals surface area (Å²) in [6.45, 7) is 3.58. The number of likely N-dealkylation sites (N-methyl/N-ethyl adjacent to an activating group) is 1. The van der Waals surface area contributed by atoms with Crippen molar-refractivity contribution in [3.63, 3.8) is 0 Å². The first-order chi connectivity index (χ1) is 12.4. The van der Waals surface area contributed by atoms with E-state index in [-0.39, 0.29) is 12.1 Å². The first-order valence-electron chi connectivity index (χ1n) is 8.54. The van der Waals surface area contributed by atoms with Crippen LogP contribution in [0.1, 0.15) is 11.1 Å². The monoisotopic (exact) mass is 353 g/mol. The van der Waals surface area contributed by atoms with Crippen LogP contribution in [0.3, 0.4) is 0 Å². The Labute approximate surface area is 151 Å². The van der Waals surface area contributed by atoms with Crippen LogP contribution < -0.4 is 16.0 Å². The van der Waals surface area contributed by atoms with E-state index in [1.54, 1.807) is 12.1 Å². The van der Waals surface area contributed by atoms with Gasteiger partial charge < -0.3 is 14.6 Å². The highest BCUT2D eigenvalue weighted by Gasteiger charge is 2.08. The molecule has 0 saturated carbocycles. The number of aryl methyl sites for hydroxylation is 1. The number of hydrogen-bond donors (Lipinski definition) is 1. The SMILES string of the molecule is Cc1ccc2[nH]c(=O)n(Cc3ccc(OCCN(C)C)cc3)c(=O)c2c1. The normalized spacial score (nSPS) is 11.2. The summed E-state index contributed by atoms with van der Waals surface area (Å²) >= 11 is 0. The highest BCUT2D eigenvalue weighted by molar-refractivity contribution is 5.77. The van der Waals surface area contributed by atoms with Crippen LogP contribution in [-0.2, 0) is 6.54 Å². The molecule has 6 heteroatoms. The van der Waals surface area contributed by atoms with Crippen molar-refractivity contribution in [1.29, 1.82) is 0 Å². The third kappa shape index (κ3) is 4.03. The molecule has 1 heterocycles. The van der Waals surface area contributed by atoms with Gasteiger partial charge in [0.05, 0.1) is 17.4 Å². The van der Waals surface area contributed by atoms with E-state index in [0.717, 1.165) is 23.4 Å². The van der Waals surface area contributed by atoms with Gasteiger partial charge in [-0.3, -0.25) is 9.36 Å². The van der Waals surface area contributed by atoms with E-state index in [4.69, 9.17) is 4.74 Å². The van der Waals surface area contributed by atoms with E-state index in [2.05, 4.69) is 9.88 Å². The fraction of sp³-hybridized carbons (Fsp3) is 0.300. The molecule has 0 radical (unpaired) electrons. The summed E-state index contributed by atoms with van der Waals surface area (Å²) in [7, 11) is 3.99. The van der Waals surface area contributed by atoms with E-state index in [1.807, 2.05) is 51.4 Å². The minimum Gasteiger partial charge on any atom is -0.492 e. The van der Waals surface area contributed by atoms with E-state index >= 15 is 0 Å². The quantitative estimate of drug-likeness (QED) is 0.736. The minimum atomic E-state index is -0.405. The molecule has 0 unspecified atom stereocenters. The van der Waals surface area contributed by atoms with Crippen molar-refractivity contribution in [3.8, 4) is 5.75 Å². The Balaban J connectivity index is 1.82. The van der Waals surface area contributed by atoms with Crippen LogP contribution in [-0.4, -0.2) is 41.7 Å². The molecule has 0 aliphatic carbocycles. The van der Waals surface area contributed by atoms with Crippen LogP contribution in [0.15, 0.2) is 52.1 Å². The number of benzene rings is 2. The molecular weight excluding hydrogens is 330 g/mol. The van der Waals surface area contributed by atoms with Gasteiger partial charge in [-0.05, 0) is 50.8 Å². The molecule has 0 bridgehead atoms. The summed E-state index contributed by atoms with van der Waals surface area (Å²) in [5, 5.41) is 0.522. The highest BCUT2D eigenvalue weighted by atomic mass is 16.5. The molecule has 0 aliphatic rings. The number of aromatic amines is 1. The Kier molecular flexibility index (Phi) is 5.23. The number of aromatic nitrogens is 2. The summed E-state index contributed by atoms with van der Waals surface area (Å²) in [6.07, 6.45) is 0. The van der Waals surface area contributed by atoms with Gasteiger partial charge in [-0.2, -0.15) is 0 Å². The molecule has 6 nitrogen and oxygen atoms in total. The molecule has 136 valence electrons. The van der Waals surface area contributed by atoms with Crippen molar-refractivity contribution in [1.82, 2.24) is 14.5 Å². The zero-order valence-electron chi connectivity index (χ0n) is 15.3. The Bertz CT molecular complexity index is 1020. The van der Waals surface area contributed by atoms with Crippen molar-refractivity contribution in [2.24, 2.45) is 0 Å². The Morgan fingerprint density at radius 3 is 2.50 bits per heavy atom. The molecule has 3 aromatic rings. The molecule has 3 rings (SSSR count). The van der Waals surface area contributed by atoms with Crippen LogP contribution in [0.2, 0.25) is 0 Å². The molecular formula is C20H23N3O3. The number of fused-ring (bicyclic) bond motifs is 1. The summed E-state index contributed by atoms with van der Waals surface area (Å²) < 4.78 is 6.89. The fourth-order valence-electron chi connectivity index (χ4n) is 2.73. The molecule has 26 heavy (non-hydrogen) atoms. The third-order valence-corrected chi connectivity index (χ3v) is 4.21. The zero-order chi connectivity index (χ0) is 18.7. The molecule has 0 spiro atoms. The predicted molar refractivity (Wildman–Crippen MR) is 103 cm³/mol. The van der Waals surface area contributed by atoms with Gasteiger partial charge in [0, 0.05) is 6.54 Å². The Morgan fingerprint density at radius 1 is 1.08 bits per heavy atom. The van der Waals surface area contributed by atoms with Gasteiger partial charge in [-0.1, -0.05) is 23.8 Å². The number of nitrogens with zero attached hydrogens (tertiary/aromatic N) is 2. The molecule has 1 aromatic heterocycles. The number of nitrogens with one attached hydrogen (secondary N) is 1. The Hall–Kier alpha value is -2.86. The van der Waals surface area contributed by atoms with Crippen molar-refractivity contribution in [3.05, 3.63) is 74.4 Å². The maximum absolute atomic E-state index is 12.7. The van der Waals surface area contributed by atoms with E-state index in [9.17, 15) is 9.59 Å². The van der Waals surface area contributed by atoms with Crippen molar-refractivity contribution >= 4 is 10.9 Å². The lowest BCUT2D eigenvalue weighted by Gasteiger charge is -2.11. The predicted octanol–water partition coefficient (Wildman–Crippen LogP) is 1.99. The van der Waals surface area contributed by atoms with Crippen LogP contribution in [0, 0.1) is 6.92 Å². The number of rotatable bonds is 6. The van der Waals surface area contributed by atoms with E-state index < -0.39 is 5.69 Å². The van der Waals surface area contributed by atoms with Gasteiger partial charge >= 0.3 is 5.69 Å². The number of H-pyrrole nitrogens is 1. The van der Waals surface area contributed by atoms with Gasteiger partial charge in [-0.15, -0.1) is 0 Å². The molecule has 1 N–H and O–H groups in total. The maximum Gasteiger partial charge on any atom is 0.329 e. The van der Waals surface area contributed by atoms with Crippen LogP contribution in [0.4, 0.5) is 0 Å². The van der Waals surface area contributed by atoms with E-state index in [1.165, 1.54) is 4.57 Å². The first-order valence-corrected chi connectivity index (χ1v) is 8.54. The van der Waals surface area contributed by atoms with E-state index in [0.29, 0.717) is 17.5 Å². The van der Waals surface area contributed by atoms with Crippen molar-refractivity contribution < 1.29 is 4.74 Å². The van der Waals surface area contributed by atoms with Gasteiger partial charge in [0.15, 0.2) is 0 Å². The number of ether oxygens (including phenoxy) is 1. The highest BCUT2D eigenvalue weighted by Crippen LogP contribution is 2.13. The molecule has 0 aliphatic heterocycles. The molecule has 0 fully saturated rings. The third-order valence-electron chi connectivity index (χ3n) is 4.21. The summed E-state index contributed by atoms with van der Waals surface area (Å²) in [4.78, 5) is 29.8. The lowest BCUT2D eigenvalue weighted by atomic mass is 10.1. The second-order valence-corrected chi connectivity index (χ2v) is 6.67. The summed E-state index contributed by atoms with van der Waals surface area (Å²) in [5.41, 5.74) is 1.72. The molecule has 0 amide bonds. The topological polar surface area (TPSA) is 67.3 Å². The fourth-order valence-corrected chi connectivity index (χ4v) is 2.73. The van der Waals surface area contributed by atoms with Crippen LogP contribution in [0.25, 0.3) is 10.9 Å². The smallest absolute Gasteiger partial charge is 0.329 e. The van der Waals surface area contributed by atoms with Crippen molar-refractivity contribution in [2.45, 2.75) is 13.5 Å². The van der Waals surface area contributed by atoms with Crippen molar-refractivity contribution in [2.75, 3.05) is 27.2 Å². The summed E-state index contributed by atoms with van der Waals surface area (Å²) in [5.74, 6) is 0.769. The lowest BCUT2D eigenvalue weighted by Crippen LogP contribution is -2.35. The van der Waals surface area contributed by atoms with Gasteiger partial charge in [-0.25, -0.2) is 4.79 Å². The standard InChI is InChI=1S/C20H23N3O3/c1-14-4-9-18-17(12-14)19(24)23(20(25)21-18)13-15-5-7-16(8-6-15)26-11-10-22(2)3/h4-9,12H,10-11,13H2,1-3H3,(H,21,25). The van der Waals surface area contributed by atoms with Crippen LogP contribution in [0.5, 0.6) is 5.75 Å². The number of hydrogen-bond acceptors (Lipinski definition) is 4. The van der Waals surface area contributed by atoms with Gasteiger partial charge in [0.25, 0.3) is 5.56 Å². The van der Waals surface area contributed by atoms with Crippen LogP contribution >= 0.6 is 0 Å². The lowest BCUT2D eigenvalue weighted by molar-refractivity contribution is 0.261. The first kappa shape index (κ1) is 17.9. The second kappa shape index (κ2) is 7.58. The van der Waals surface area contributed by atoms with Gasteiger partial charge in [0.1, 0.15) is 12.4 Å². The van der Waals surface area contributed by atoms with Gasteiger partial charge in [0.2, 0.25) is 0 Å². The molecule has 2 aromatic carbocycles.